The van der Waals surface area contributed by atoms with Crippen LogP contribution in [0.1, 0.15) is 18.9 Å². The van der Waals surface area contributed by atoms with Crippen molar-refractivity contribution in [3.63, 3.8) is 0 Å². The van der Waals surface area contributed by atoms with E-state index >= 15 is 0 Å². The number of halogens is 2. The van der Waals surface area contributed by atoms with Crippen LogP contribution in [-0.4, -0.2) is 10.9 Å². The highest BCUT2D eigenvalue weighted by atomic mass is 79.9. The van der Waals surface area contributed by atoms with E-state index in [1.165, 1.54) is 17.8 Å². The van der Waals surface area contributed by atoms with E-state index in [1.54, 1.807) is 25.1 Å². The Hall–Kier alpha value is -0.610. The predicted molar refractivity (Wildman–Crippen MR) is 70.9 cm³/mol. The fourth-order valence-corrected chi connectivity index (χ4v) is 1.99. The van der Waals surface area contributed by atoms with Crippen molar-refractivity contribution < 1.29 is 9.18 Å². The Labute approximate surface area is 107 Å². The largest absolute Gasteiger partial charge is 0.288 e. The zero-order chi connectivity index (χ0) is 12.0. The van der Waals surface area contributed by atoms with Crippen LogP contribution in [0.2, 0.25) is 0 Å². The van der Waals surface area contributed by atoms with Gasteiger partial charge in [0.05, 0.1) is 0 Å². The van der Waals surface area contributed by atoms with Crippen LogP contribution in [0.5, 0.6) is 0 Å². The second kappa shape index (κ2) is 6.86. The minimum Gasteiger partial charge on any atom is -0.288 e. The van der Waals surface area contributed by atoms with Crippen LogP contribution in [0.15, 0.2) is 28.7 Å². The van der Waals surface area contributed by atoms with Gasteiger partial charge in [0.15, 0.2) is 5.12 Å². The average Bonchev–Trinajstić information content (AvgIpc) is 2.20. The Bertz CT molecular complexity index is 404. The molecule has 0 atom stereocenters. The lowest BCUT2D eigenvalue weighted by atomic mass is 10.2. The molecule has 0 aliphatic carbocycles. The minimum atomic E-state index is -0.246. The van der Waals surface area contributed by atoms with Crippen LogP contribution >= 0.6 is 27.7 Å². The Morgan fingerprint density at radius 1 is 1.56 bits per heavy atom. The third-order valence-corrected chi connectivity index (χ3v) is 3.19. The van der Waals surface area contributed by atoms with Crippen LogP contribution < -0.4 is 0 Å². The molecule has 0 heterocycles. The molecule has 1 aromatic carbocycles. The van der Waals surface area contributed by atoms with Gasteiger partial charge in [0.2, 0.25) is 0 Å². The Kier molecular flexibility index (Phi) is 5.77. The quantitative estimate of drug-likeness (QED) is 0.773. The second-order valence-corrected chi connectivity index (χ2v) is 5.38. The first kappa shape index (κ1) is 13.5. The first-order chi connectivity index (χ1) is 7.59. The van der Waals surface area contributed by atoms with Gasteiger partial charge in [0, 0.05) is 22.7 Å². The highest BCUT2D eigenvalue weighted by Gasteiger charge is 1.98. The van der Waals surface area contributed by atoms with Crippen LogP contribution in [-0.2, 0) is 4.79 Å². The van der Waals surface area contributed by atoms with Crippen molar-refractivity contribution in [2.24, 2.45) is 0 Å². The number of benzene rings is 1. The molecule has 0 saturated carbocycles. The maximum atomic E-state index is 13.3. The molecule has 1 aromatic rings. The summed E-state index contributed by atoms with van der Waals surface area (Å²) in [5, 5.41) is 0.114. The lowest BCUT2D eigenvalue weighted by Gasteiger charge is -1.97. The molecular formula is C12H12BrFOS. The second-order valence-electron chi connectivity index (χ2n) is 3.20. The number of carbonyl (C=O) groups is 1. The average molecular weight is 303 g/mol. The van der Waals surface area contributed by atoms with Crippen molar-refractivity contribution in [3.05, 3.63) is 40.1 Å². The fourth-order valence-electron chi connectivity index (χ4n) is 1.12. The molecule has 16 heavy (non-hydrogen) atoms. The van der Waals surface area contributed by atoms with Gasteiger partial charge in [-0.25, -0.2) is 4.39 Å². The summed E-state index contributed by atoms with van der Waals surface area (Å²) >= 11 is 4.48. The van der Waals surface area contributed by atoms with Gasteiger partial charge in [-0.3, -0.25) is 4.79 Å². The lowest BCUT2D eigenvalue weighted by Crippen LogP contribution is -1.84. The van der Waals surface area contributed by atoms with E-state index in [-0.39, 0.29) is 10.9 Å². The molecule has 1 nitrogen and oxygen atoms in total. The van der Waals surface area contributed by atoms with Gasteiger partial charge in [-0.1, -0.05) is 45.9 Å². The van der Waals surface area contributed by atoms with Gasteiger partial charge < -0.3 is 0 Å². The van der Waals surface area contributed by atoms with Crippen LogP contribution in [0.3, 0.4) is 0 Å². The molecule has 1 rings (SSSR count). The summed E-state index contributed by atoms with van der Waals surface area (Å²) < 4.78 is 14.1. The van der Waals surface area contributed by atoms with E-state index in [4.69, 9.17) is 0 Å². The fraction of sp³-hybridized carbons (Fsp3) is 0.250. The predicted octanol–water partition coefficient (Wildman–Crippen LogP) is 4.27. The monoisotopic (exact) mass is 302 g/mol. The Morgan fingerprint density at radius 2 is 2.31 bits per heavy atom. The van der Waals surface area contributed by atoms with E-state index in [0.717, 1.165) is 16.6 Å². The van der Waals surface area contributed by atoms with Gasteiger partial charge in [0.1, 0.15) is 5.82 Å². The maximum Gasteiger partial charge on any atom is 0.185 e. The summed E-state index contributed by atoms with van der Waals surface area (Å²) in [5.74, 6) is 0.495. The normalized spacial score (nSPS) is 10.9. The highest BCUT2D eigenvalue weighted by Crippen LogP contribution is 2.16. The van der Waals surface area contributed by atoms with Crippen LogP contribution in [0, 0.1) is 5.82 Å². The van der Waals surface area contributed by atoms with E-state index in [9.17, 15) is 9.18 Å². The molecule has 0 N–H and O–H groups in total. The summed E-state index contributed by atoms with van der Waals surface area (Å²) in [6.07, 6.45) is 4.38. The molecule has 0 fully saturated rings. The molecule has 0 spiro atoms. The molecule has 0 amide bonds. The van der Waals surface area contributed by atoms with Gasteiger partial charge in [-0.2, -0.15) is 0 Å². The SMILES string of the molecule is CC(=O)SCCC=Cc1ccc(Br)cc1F. The molecule has 0 saturated heterocycles. The van der Waals surface area contributed by atoms with Gasteiger partial charge in [-0.05, 0) is 18.6 Å². The van der Waals surface area contributed by atoms with Crippen molar-refractivity contribution in [1.82, 2.24) is 0 Å². The number of thioether (sulfide) groups is 1. The zero-order valence-electron chi connectivity index (χ0n) is 8.87. The topological polar surface area (TPSA) is 17.1 Å². The number of hydrogen-bond donors (Lipinski definition) is 0. The molecule has 86 valence electrons. The van der Waals surface area contributed by atoms with Crippen molar-refractivity contribution >= 4 is 38.9 Å². The standard InChI is InChI=1S/C12H12BrFOS/c1-9(15)16-7-3-2-4-10-5-6-11(13)8-12(10)14/h2,4-6,8H,3,7H2,1H3. The number of rotatable bonds is 4. The minimum absolute atomic E-state index is 0.114. The van der Waals surface area contributed by atoms with Crippen molar-refractivity contribution in [2.75, 3.05) is 5.75 Å². The number of allylic oxidation sites excluding steroid dienone is 1. The van der Waals surface area contributed by atoms with Crippen molar-refractivity contribution in [3.8, 4) is 0 Å². The molecular weight excluding hydrogens is 291 g/mol. The van der Waals surface area contributed by atoms with Crippen LogP contribution in [0.25, 0.3) is 6.08 Å². The first-order valence-electron chi connectivity index (χ1n) is 4.84. The lowest BCUT2D eigenvalue weighted by molar-refractivity contribution is -0.109. The molecule has 0 aliphatic rings. The first-order valence-corrected chi connectivity index (χ1v) is 6.62. The third kappa shape index (κ3) is 4.94. The summed E-state index contributed by atoms with van der Waals surface area (Å²) in [6, 6.07) is 4.95. The summed E-state index contributed by atoms with van der Waals surface area (Å²) in [7, 11) is 0. The molecule has 0 bridgehead atoms. The molecule has 0 radical (unpaired) electrons. The zero-order valence-corrected chi connectivity index (χ0v) is 11.3. The van der Waals surface area contributed by atoms with Gasteiger partial charge >= 0.3 is 0 Å². The van der Waals surface area contributed by atoms with E-state index in [0.29, 0.717) is 5.56 Å². The Morgan fingerprint density at radius 3 is 2.94 bits per heavy atom. The summed E-state index contributed by atoms with van der Waals surface area (Å²) in [5.41, 5.74) is 0.566. The van der Waals surface area contributed by atoms with Crippen molar-refractivity contribution in [2.45, 2.75) is 13.3 Å². The molecule has 0 aliphatic heterocycles. The summed E-state index contributed by atoms with van der Waals surface area (Å²) in [6.45, 7) is 1.54. The van der Waals surface area contributed by atoms with Gasteiger partial charge in [0.25, 0.3) is 0 Å². The van der Waals surface area contributed by atoms with Crippen LogP contribution in [0.4, 0.5) is 4.39 Å². The van der Waals surface area contributed by atoms with Crippen molar-refractivity contribution in [1.29, 1.82) is 0 Å². The third-order valence-electron chi connectivity index (χ3n) is 1.85. The maximum absolute atomic E-state index is 13.3. The number of carbonyl (C=O) groups excluding carboxylic acids is 1. The van der Waals surface area contributed by atoms with E-state index in [2.05, 4.69) is 15.9 Å². The molecule has 0 unspecified atom stereocenters. The molecule has 4 heteroatoms. The van der Waals surface area contributed by atoms with E-state index in [1.807, 2.05) is 6.08 Å². The Balaban J connectivity index is 2.47. The smallest absolute Gasteiger partial charge is 0.185 e. The van der Waals surface area contributed by atoms with Gasteiger partial charge in [-0.15, -0.1) is 0 Å². The van der Waals surface area contributed by atoms with E-state index < -0.39 is 0 Å². The molecule has 0 aromatic heterocycles. The summed E-state index contributed by atoms with van der Waals surface area (Å²) in [4.78, 5) is 10.6. The highest BCUT2D eigenvalue weighted by molar-refractivity contribution is 9.10. The number of hydrogen-bond acceptors (Lipinski definition) is 2.